The summed E-state index contributed by atoms with van der Waals surface area (Å²) in [5, 5.41) is 7.04. The Morgan fingerprint density at radius 1 is 1.17 bits per heavy atom. The number of H-pyrrole nitrogens is 1. The average Bonchev–Trinajstić information content (AvgIpc) is 3.14. The summed E-state index contributed by atoms with van der Waals surface area (Å²) in [5.41, 5.74) is 1.08. The maximum atomic E-state index is 12.4. The fourth-order valence-corrected chi connectivity index (χ4v) is 4.51. The minimum absolute atomic E-state index is 0.325. The van der Waals surface area contributed by atoms with E-state index in [-0.39, 0.29) is 0 Å². The normalized spacial score (nSPS) is 19.9. The van der Waals surface area contributed by atoms with Gasteiger partial charge in [-0.3, -0.25) is 14.8 Å². The minimum atomic E-state index is 0.325. The molecule has 2 aromatic rings. The third-order valence-corrected chi connectivity index (χ3v) is 6.27. The summed E-state index contributed by atoms with van der Waals surface area (Å²) in [6.07, 6.45) is 6.30. The zero-order valence-electron chi connectivity index (χ0n) is 13.9. The van der Waals surface area contributed by atoms with Crippen LogP contribution in [0.5, 0.6) is 0 Å². The molecule has 1 aliphatic heterocycles. The van der Waals surface area contributed by atoms with E-state index in [4.69, 9.17) is 0 Å². The zero-order chi connectivity index (χ0) is 16.4. The molecule has 2 fully saturated rings. The molecule has 128 valence electrons. The Bertz CT molecular complexity index is 677. The molecule has 4 rings (SSSR count). The van der Waals surface area contributed by atoms with Crippen LogP contribution in [-0.2, 0) is 11.3 Å². The minimum Gasteiger partial charge on any atom is -0.341 e. The van der Waals surface area contributed by atoms with E-state index in [9.17, 15) is 4.79 Å². The van der Waals surface area contributed by atoms with Gasteiger partial charge < -0.3 is 4.90 Å². The van der Waals surface area contributed by atoms with E-state index in [1.807, 2.05) is 17.4 Å². The fraction of sp³-hybridized carbons (Fsp3) is 0.556. The van der Waals surface area contributed by atoms with Gasteiger partial charge in [-0.15, -0.1) is 11.3 Å². The molecule has 0 bridgehead atoms. The summed E-state index contributed by atoms with van der Waals surface area (Å²) in [7, 11) is 0. The lowest BCUT2D eigenvalue weighted by atomic mass is 9.84. The largest absolute Gasteiger partial charge is 0.341 e. The van der Waals surface area contributed by atoms with E-state index in [2.05, 4.69) is 32.1 Å². The predicted octanol–water partition coefficient (Wildman–Crippen LogP) is 2.97. The average molecular weight is 344 g/mol. The van der Waals surface area contributed by atoms with Crippen LogP contribution in [0.15, 0.2) is 24.4 Å². The Kier molecular flexibility index (Phi) is 4.67. The number of amides is 1. The SMILES string of the molecule is O=C(C1CCC1)N1CCCN(Cc2ccc(-c3ccn[nH]3)s2)CC1. The number of hydrogen-bond acceptors (Lipinski definition) is 4. The monoisotopic (exact) mass is 344 g/mol. The second-order valence-electron chi connectivity index (χ2n) is 6.82. The third-order valence-electron chi connectivity index (χ3n) is 5.16. The van der Waals surface area contributed by atoms with Gasteiger partial charge in [0.05, 0.1) is 10.6 Å². The first-order chi connectivity index (χ1) is 11.8. The van der Waals surface area contributed by atoms with Crippen molar-refractivity contribution in [3.63, 3.8) is 0 Å². The van der Waals surface area contributed by atoms with Gasteiger partial charge in [0, 0.05) is 49.7 Å². The number of nitrogens with zero attached hydrogens (tertiary/aromatic N) is 3. The molecule has 5 nitrogen and oxygen atoms in total. The van der Waals surface area contributed by atoms with Gasteiger partial charge in [-0.25, -0.2) is 0 Å². The molecule has 0 spiro atoms. The first-order valence-corrected chi connectivity index (χ1v) is 9.71. The molecule has 24 heavy (non-hydrogen) atoms. The number of rotatable bonds is 4. The number of carbonyl (C=O) groups is 1. The first kappa shape index (κ1) is 15.8. The van der Waals surface area contributed by atoms with Crippen molar-refractivity contribution >= 4 is 17.2 Å². The Morgan fingerprint density at radius 3 is 2.83 bits per heavy atom. The number of carbonyl (C=O) groups excluding carboxylic acids is 1. The van der Waals surface area contributed by atoms with Crippen molar-refractivity contribution in [1.82, 2.24) is 20.0 Å². The second-order valence-corrected chi connectivity index (χ2v) is 7.99. The molecule has 1 amide bonds. The summed E-state index contributed by atoms with van der Waals surface area (Å²) in [6.45, 7) is 4.84. The van der Waals surface area contributed by atoms with Crippen LogP contribution in [0.1, 0.15) is 30.6 Å². The number of aromatic nitrogens is 2. The van der Waals surface area contributed by atoms with Crippen LogP contribution in [0.25, 0.3) is 10.6 Å². The van der Waals surface area contributed by atoms with Crippen LogP contribution in [0.3, 0.4) is 0 Å². The van der Waals surface area contributed by atoms with Gasteiger partial charge in [0.15, 0.2) is 0 Å². The van der Waals surface area contributed by atoms with Crippen molar-refractivity contribution in [2.24, 2.45) is 5.92 Å². The summed E-state index contributed by atoms with van der Waals surface area (Å²) < 4.78 is 0. The number of nitrogens with one attached hydrogen (secondary N) is 1. The van der Waals surface area contributed by atoms with Crippen LogP contribution in [0.2, 0.25) is 0 Å². The van der Waals surface area contributed by atoms with Crippen molar-refractivity contribution in [3.8, 4) is 10.6 Å². The lowest BCUT2D eigenvalue weighted by Gasteiger charge is -2.31. The number of thiophene rings is 1. The Labute approximate surface area is 146 Å². The highest BCUT2D eigenvalue weighted by Gasteiger charge is 2.30. The van der Waals surface area contributed by atoms with Crippen molar-refractivity contribution in [2.75, 3.05) is 26.2 Å². The maximum Gasteiger partial charge on any atom is 0.225 e. The molecule has 1 saturated heterocycles. The summed E-state index contributed by atoms with van der Waals surface area (Å²) in [6, 6.07) is 6.38. The fourth-order valence-electron chi connectivity index (χ4n) is 3.48. The zero-order valence-corrected chi connectivity index (χ0v) is 14.7. The molecule has 0 aromatic carbocycles. The molecule has 6 heteroatoms. The molecule has 0 atom stereocenters. The van der Waals surface area contributed by atoms with Crippen LogP contribution < -0.4 is 0 Å². The van der Waals surface area contributed by atoms with Crippen molar-refractivity contribution in [1.29, 1.82) is 0 Å². The molecule has 0 radical (unpaired) electrons. The lowest BCUT2D eigenvalue weighted by molar-refractivity contribution is -0.138. The first-order valence-electron chi connectivity index (χ1n) is 8.89. The van der Waals surface area contributed by atoms with Gasteiger partial charge in [0.2, 0.25) is 5.91 Å². The molecular weight excluding hydrogens is 320 g/mol. The van der Waals surface area contributed by atoms with Gasteiger partial charge in [0.1, 0.15) is 0 Å². The molecule has 1 saturated carbocycles. The van der Waals surface area contributed by atoms with E-state index in [0.29, 0.717) is 11.8 Å². The van der Waals surface area contributed by atoms with Gasteiger partial charge in [-0.2, -0.15) is 5.10 Å². The Morgan fingerprint density at radius 2 is 2.08 bits per heavy atom. The van der Waals surface area contributed by atoms with Crippen LogP contribution in [-0.4, -0.2) is 52.1 Å². The second kappa shape index (κ2) is 7.07. The lowest BCUT2D eigenvalue weighted by Crippen LogP contribution is -2.41. The molecule has 1 N–H and O–H groups in total. The van der Waals surface area contributed by atoms with Crippen molar-refractivity contribution < 1.29 is 4.79 Å². The van der Waals surface area contributed by atoms with E-state index in [1.165, 1.54) is 16.2 Å². The number of aromatic amines is 1. The van der Waals surface area contributed by atoms with Crippen LogP contribution in [0.4, 0.5) is 0 Å². The molecule has 1 aliphatic carbocycles. The standard InChI is InChI=1S/C18H24N4OS/c23-18(14-3-1-4-14)22-10-2-9-21(11-12-22)13-15-5-6-17(24-15)16-7-8-19-20-16/h5-8,14H,1-4,9-13H2,(H,19,20). The van der Waals surface area contributed by atoms with Gasteiger partial charge in [-0.05, 0) is 37.5 Å². The van der Waals surface area contributed by atoms with Gasteiger partial charge in [-0.1, -0.05) is 6.42 Å². The Hall–Kier alpha value is -1.66. The Balaban J connectivity index is 1.33. The van der Waals surface area contributed by atoms with E-state index in [1.54, 1.807) is 6.20 Å². The van der Waals surface area contributed by atoms with Crippen molar-refractivity contribution in [2.45, 2.75) is 32.2 Å². The van der Waals surface area contributed by atoms with Crippen LogP contribution in [0, 0.1) is 5.92 Å². The molecule has 2 aromatic heterocycles. The summed E-state index contributed by atoms with van der Waals surface area (Å²) in [5.74, 6) is 0.728. The number of hydrogen-bond donors (Lipinski definition) is 1. The summed E-state index contributed by atoms with van der Waals surface area (Å²) >= 11 is 1.82. The van der Waals surface area contributed by atoms with Gasteiger partial charge in [0.25, 0.3) is 0 Å². The third kappa shape index (κ3) is 3.39. The molecular formula is C18H24N4OS. The molecule has 3 heterocycles. The molecule has 2 aliphatic rings. The van der Waals surface area contributed by atoms with Crippen molar-refractivity contribution in [3.05, 3.63) is 29.3 Å². The van der Waals surface area contributed by atoms with E-state index >= 15 is 0 Å². The highest BCUT2D eigenvalue weighted by molar-refractivity contribution is 7.15. The van der Waals surface area contributed by atoms with E-state index < -0.39 is 0 Å². The maximum absolute atomic E-state index is 12.4. The highest BCUT2D eigenvalue weighted by Crippen LogP contribution is 2.29. The highest BCUT2D eigenvalue weighted by atomic mass is 32.1. The van der Waals surface area contributed by atoms with Gasteiger partial charge >= 0.3 is 0 Å². The smallest absolute Gasteiger partial charge is 0.225 e. The van der Waals surface area contributed by atoms with E-state index in [0.717, 1.165) is 57.7 Å². The quantitative estimate of drug-likeness (QED) is 0.928. The van der Waals surface area contributed by atoms with Crippen LogP contribution >= 0.6 is 11.3 Å². The molecule has 0 unspecified atom stereocenters. The topological polar surface area (TPSA) is 52.2 Å². The summed E-state index contributed by atoms with van der Waals surface area (Å²) in [4.78, 5) is 19.6. The predicted molar refractivity (Wildman–Crippen MR) is 95.7 cm³/mol.